The van der Waals surface area contributed by atoms with Gasteiger partial charge in [-0.15, -0.1) is 0 Å². The third kappa shape index (κ3) is 2.67. The highest BCUT2D eigenvalue weighted by Crippen LogP contribution is 2.31. The van der Waals surface area contributed by atoms with Crippen molar-refractivity contribution in [3.8, 4) is 0 Å². The largest absolute Gasteiger partial charge is 0.342 e. The van der Waals surface area contributed by atoms with Crippen molar-refractivity contribution >= 4 is 32.8 Å². The summed E-state index contributed by atoms with van der Waals surface area (Å²) < 4.78 is 2.58. The van der Waals surface area contributed by atoms with Gasteiger partial charge in [0.25, 0.3) is 5.56 Å². The van der Waals surface area contributed by atoms with E-state index in [9.17, 15) is 4.79 Å². The number of aryl methyl sites for hydroxylation is 1. The first-order chi connectivity index (χ1) is 10.3. The van der Waals surface area contributed by atoms with Crippen molar-refractivity contribution in [2.75, 3.05) is 18.0 Å². The van der Waals surface area contributed by atoms with Gasteiger partial charge in [0.15, 0.2) is 0 Å². The van der Waals surface area contributed by atoms with Gasteiger partial charge in [-0.1, -0.05) is 13.8 Å². The Morgan fingerprint density at radius 2 is 2.05 bits per heavy atom. The van der Waals surface area contributed by atoms with Crippen molar-refractivity contribution in [2.45, 2.75) is 33.6 Å². The average Bonchev–Trinajstić information content (AvgIpc) is 2.42. The number of halogens is 1. The Morgan fingerprint density at radius 1 is 1.32 bits per heavy atom. The zero-order chi connectivity index (χ0) is 16.1. The minimum Gasteiger partial charge on any atom is -0.342 e. The molecule has 1 fully saturated rings. The zero-order valence-corrected chi connectivity index (χ0v) is 15.2. The van der Waals surface area contributed by atoms with Gasteiger partial charge >= 0.3 is 0 Å². The Bertz CT molecular complexity index is 795. The lowest BCUT2D eigenvalue weighted by Gasteiger charge is -2.39. The van der Waals surface area contributed by atoms with E-state index in [1.54, 1.807) is 4.57 Å². The van der Waals surface area contributed by atoms with Crippen molar-refractivity contribution in [3.05, 3.63) is 32.5 Å². The topological polar surface area (TPSA) is 38.1 Å². The molecule has 3 rings (SSSR count). The van der Waals surface area contributed by atoms with Crippen molar-refractivity contribution in [1.29, 1.82) is 0 Å². The maximum atomic E-state index is 12.7. The second-order valence-corrected chi connectivity index (χ2v) is 7.96. The molecule has 1 aliphatic rings. The number of piperidine rings is 1. The summed E-state index contributed by atoms with van der Waals surface area (Å²) in [7, 11) is 1.82. The molecule has 118 valence electrons. The van der Waals surface area contributed by atoms with Gasteiger partial charge in [-0.3, -0.25) is 9.36 Å². The van der Waals surface area contributed by atoms with Gasteiger partial charge in [0.1, 0.15) is 0 Å². The maximum absolute atomic E-state index is 12.7. The van der Waals surface area contributed by atoms with E-state index in [-0.39, 0.29) is 11.0 Å². The molecular weight excluding hydrogens is 342 g/mol. The number of hydrogen-bond donors (Lipinski definition) is 0. The fourth-order valence-electron chi connectivity index (χ4n) is 3.33. The maximum Gasteiger partial charge on any atom is 0.262 e. The summed E-state index contributed by atoms with van der Waals surface area (Å²) in [5.74, 6) is 0.773. The molecule has 1 aromatic carbocycles. The molecule has 1 aliphatic heterocycles. The van der Waals surface area contributed by atoms with Crippen LogP contribution in [-0.4, -0.2) is 22.6 Å². The first-order valence-corrected chi connectivity index (χ1v) is 8.50. The highest BCUT2D eigenvalue weighted by Gasteiger charge is 2.28. The fraction of sp³-hybridized carbons (Fsp3) is 0.529. The lowest BCUT2D eigenvalue weighted by atomic mass is 9.84. The zero-order valence-electron chi connectivity index (χ0n) is 13.6. The predicted octanol–water partition coefficient (Wildman–Crippen LogP) is 3.63. The number of fused-ring (bicyclic) bond motifs is 1. The number of anilines is 1. The van der Waals surface area contributed by atoms with E-state index in [1.807, 2.05) is 26.1 Å². The van der Waals surface area contributed by atoms with Crippen LogP contribution in [0, 0.1) is 12.3 Å². The van der Waals surface area contributed by atoms with Gasteiger partial charge in [0.2, 0.25) is 5.95 Å². The van der Waals surface area contributed by atoms with Crippen LogP contribution in [0.4, 0.5) is 5.95 Å². The summed E-state index contributed by atoms with van der Waals surface area (Å²) in [6.07, 6.45) is 2.35. The molecule has 5 heteroatoms. The molecule has 0 spiro atoms. The summed E-state index contributed by atoms with van der Waals surface area (Å²) >= 11 is 3.56. The third-order valence-electron chi connectivity index (χ3n) is 4.44. The summed E-state index contributed by atoms with van der Waals surface area (Å²) in [6, 6.07) is 3.93. The normalized spacial score (nSPS) is 18.0. The second-order valence-electron chi connectivity index (χ2n) is 7.11. The molecular formula is C17H22BrN3O. The fourth-order valence-corrected chi connectivity index (χ4v) is 4.00. The Hall–Kier alpha value is -1.36. The van der Waals surface area contributed by atoms with Gasteiger partial charge in [0.05, 0.1) is 10.9 Å². The molecule has 0 saturated carbocycles. The first-order valence-electron chi connectivity index (χ1n) is 7.70. The van der Waals surface area contributed by atoms with Gasteiger partial charge in [-0.25, -0.2) is 4.98 Å². The summed E-state index contributed by atoms with van der Waals surface area (Å²) in [4.78, 5) is 19.8. The summed E-state index contributed by atoms with van der Waals surface area (Å²) in [6.45, 7) is 8.43. The van der Waals surface area contributed by atoms with E-state index in [2.05, 4.69) is 34.7 Å². The predicted molar refractivity (Wildman–Crippen MR) is 94.6 cm³/mol. The summed E-state index contributed by atoms with van der Waals surface area (Å²) in [5, 5.41) is 0.675. The molecule has 0 radical (unpaired) electrons. The lowest BCUT2D eigenvalue weighted by molar-refractivity contribution is 0.289. The van der Waals surface area contributed by atoms with Gasteiger partial charge in [-0.05, 0) is 58.8 Å². The Morgan fingerprint density at radius 3 is 2.73 bits per heavy atom. The molecule has 1 saturated heterocycles. The number of hydrogen-bond acceptors (Lipinski definition) is 3. The van der Waals surface area contributed by atoms with Crippen LogP contribution < -0.4 is 10.5 Å². The lowest BCUT2D eigenvalue weighted by Crippen LogP contribution is -2.43. The molecule has 0 N–H and O–H groups in total. The van der Waals surface area contributed by atoms with Crippen LogP contribution in [0.3, 0.4) is 0 Å². The van der Waals surface area contributed by atoms with Crippen LogP contribution in [0.5, 0.6) is 0 Å². The molecule has 0 bridgehead atoms. The smallest absolute Gasteiger partial charge is 0.262 e. The first kappa shape index (κ1) is 15.5. The van der Waals surface area contributed by atoms with E-state index >= 15 is 0 Å². The molecule has 0 amide bonds. The number of benzene rings is 1. The molecule has 2 heterocycles. The number of nitrogens with zero attached hydrogens (tertiary/aromatic N) is 3. The van der Waals surface area contributed by atoms with E-state index in [0.29, 0.717) is 5.39 Å². The molecule has 0 unspecified atom stereocenters. The Balaban J connectivity index is 2.19. The van der Waals surface area contributed by atoms with E-state index in [0.717, 1.165) is 41.0 Å². The van der Waals surface area contributed by atoms with E-state index in [1.165, 1.54) is 6.42 Å². The Kier molecular flexibility index (Phi) is 3.79. The second kappa shape index (κ2) is 5.37. The van der Waals surface area contributed by atoms with Crippen LogP contribution in [0.2, 0.25) is 0 Å². The number of aromatic nitrogens is 2. The molecule has 0 atom stereocenters. The van der Waals surface area contributed by atoms with Crippen LogP contribution in [0.15, 0.2) is 21.4 Å². The van der Waals surface area contributed by atoms with E-state index in [4.69, 9.17) is 4.98 Å². The van der Waals surface area contributed by atoms with Gasteiger partial charge in [-0.2, -0.15) is 0 Å². The SMILES string of the molecule is Cc1cc(Br)c2nc(N3CCCC(C)(C)C3)n(C)c(=O)c2c1. The highest BCUT2D eigenvalue weighted by atomic mass is 79.9. The van der Waals surface area contributed by atoms with E-state index < -0.39 is 0 Å². The van der Waals surface area contributed by atoms with Crippen molar-refractivity contribution < 1.29 is 0 Å². The van der Waals surface area contributed by atoms with Crippen molar-refractivity contribution in [1.82, 2.24) is 9.55 Å². The minimum atomic E-state index is 0.0211. The van der Waals surface area contributed by atoms with Crippen LogP contribution in [-0.2, 0) is 7.05 Å². The molecule has 2 aromatic rings. The van der Waals surface area contributed by atoms with Crippen LogP contribution in [0.1, 0.15) is 32.3 Å². The highest BCUT2D eigenvalue weighted by molar-refractivity contribution is 9.10. The van der Waals surface area contributed by atoms with Crippen molar-refractivity contribution in [2.24, 2.45) is 12.5 Å². The Labute approximate surface area is 139 Å². The monoisotopic (exact) mass is 363 g/mol. The van der Waals surface area contributed by atoms with Crippen LogP contribution >= 0.6 is 15.9 Å². The molecule has 4 nitrogen and oxygen atoms in total. The van der Waals surface area contributed by atoms with Crippen LogP contribution in [0.25, 0.3) is 10.9 Å². The van der Waals surface area contributed by atoms with Crippen molar-refractivity contribution in [3.63, 3.8) is 0 Å². The molecule has 1 aromatic heterocycles. The summed E-state index contributed by atoms with van der Waals surface area (Å²) in [5.41, 5.74) is 2.10. The van der Waals surface area contributed by atoms with Gasteiger partial charge in [0, 0.05) is 24.6 Å². The third-order valence-corrected chi connectivity index (χ3v) is 5.04. The standard InChI is InChI=1S/C17H22BrN3O/c1-11-8-12-14(13(18)9-11)19-16(20(4)15(12)22)21-7-5-6-17(2,3)10-21/h8-9H,5-7,10H2,1-4H3. The number of rotatable bonds is 1. The average molecular weight is 364 g/mol. The quantitative estimate of drug-likeness (QED) is 0.776. The molecule has 22 heavy (non-hydrogen) atoms. The van der Waals surface area contributed by atoms with Gasteiger partial charge < -0.3 is 4.90 Å². The minimum absolute atomic E-state index is 0.0211. The molecule has 0 aliphatic carbocycles.